The third-order valence-electron chi connectivity index (χ3n) is 1.90. The molecule has 0 saturated carbocycles. The third-order valence-corrected chi connectivity index (χ3v) is 1.90. The fourth-order valence-electron chi connectivity index (χ4n) is 1.18. The van der Waals surface area contributed by atoms with Gasteiger partial charge in [-0.15, -0.1) is 0 Å². The molecule has 1 aliphatic rings. The van der Waals surface area contributed by atoms with Crippen molar-refractivity contribution in [1.82, 2.24) is 0 Å². The van der Waals surface area contributed by atoms with Crippen LogP contribution in [0.15, 0.2) is 0 Å². The Kier molecular flexibility index (Phi) is 3.84. The van der Waals surface area contributed by atoms with Crippen molar-refractivity contribution in [2.24, 2.45) is 5.92 Å². The van der Waals surface area contributed by atoms with Crippen LogP contribution >= 0.6 is 0 Å². The average Bonchev–Trinajstić information content (AvgIpc) is 2.65. The minimum atomic E-state index is -1.23. The summed E-state index contributed by atoms with van der Waals surface area (Å²) in [6.07, 6.45) is -0.627. The molecule has 1 heterocycles. The molecule has 6 heteroatoms. The van der Waals surface area contributed by atoms with Crippen LogP contribution in [0.25, 0.3) is 0 Å². The molecule has 1 fully saturated rings. The van der Waals surface area contributed by atoms with Gasteiger partial charge in [0.15, 0.2) is 12.2 Å². The lowest BCUT2D eigenvalue weighted by molar-refractivity contribution is -0.161. The van der Waals surface area contributed by atoms with Gasteiger partial charge in [-0.2, -0.15) is 0 Å². The molecule has 0 spiro atoms. The number of carbonyl (C=O) groups excluding carboxylic acids is 1. The van der Waals surface area contributed by atoms with E-state index >= 15 is 0 Å². The average molecular weight is 204 g/mol. The number of carbonyl (C=O) groups is 2. The number of rotatable bonds is 4. The quantitative estimate of drug-likeness (QED) is 0.496. The minimum Gasteiger partial charge on any atom is -0.481 e. The van der Waals surface area contributed by atoms with E-state index in [1.54, 1.807) is 0 Å². The molecule has 80 valence electrons. The van der Waals surface area contributed by atoms with E-state index in [9.17, 15) is 9.59 Å². The number of esters is 1. The molecule has 1 aliphatic heterocycles. The van der Waals surface area contributed by atoms with Gasteiger partial charge >= 0.3 is 11.9 Å². The topological polar surface area (TPSA) is 82.1 Å². The third kappa shape index (κ3) is 2.68. The summed E-state index contributed by atoms with van der Waals surface area (Å²) in [5, 5.41) is 8.72. The molecule has 0 aliphatic carbocycles. The van der Waals surface area contributed by atoms with Crippen molar-refractivity contribution in [3.05, 3.63) is 0 Å². The smallest absolute Gasteiger partial charge is 0.320 e. The molecule has 1 atom stereocenters. The van der Waals surface area contributed by atoms with Crippen LogP contribution < -0.4 is 0 Å². The second-order valence-corrected chi connectivity index (χ2v) is 2.82. The number of aliphatic carboxylic acids is 1. The first-order chi connectivity index (χ1) is 6.65. The van der Waals surface area contributed by atoms with E-state index in [4.69, 9.17) is 14.6 Å². The molecule has 14 heavy (non-hydrogen) atoms. The molecular weight excluding hydrogens is 192 g/mol. The Bertz CT molecular complexity index is 220. The van der Waals surface area contributed by atoms with E-state index in [1.165, 1.54) is 0 Å². The van der Waals surface area contributed by atoms with E-state index in [1.807, 2.05) is 0 Å². The van der Waals surface area contributed by atoms with E-state index in [-0.39, 0.29) is 6.42 Å². The highest BCUT2D eigenvalue weighted by molar-refractivity contribution is 5.93. The Hall–Kier alpha value is -1.14. The van der Waals surface area contributed by atoms with Crippen molar-refractivity contribution in [2.75, 3.05) is 20.3 Å². The SMILES string of the molecule is COC(=O)C(CC1OCCO1)C(=O)O. The summed E-state index contributed by atoms with van der Waals surface area (Å²) in [4.78, 5) is 21.7. The Morgan fingerprint density at radius 2 is 2.07 bits per heavy atom. The van der Waals surface area contributed by atoms with Gasteiger partial charge in [0.05, 0.1) is 20.3 Å². The van der Waals surface area contributed by atoms with Crippen LogP contribution in [0, 0.1) is 5.92 Å². The monoisotopic (exact) mass is 204 g/mol. The normalized spacial score (nSPS) is 19.2. The zero-order valence-corrected chi connectivity index (χ0v) is 7.76. The van der Waals surface area contributed by atoms with E-state index in [0.717, 1.165) is 7.11 Å². The summed E-state index contributed by atoms with van der Waals surface area (Å²) in [6.45, 7) is 0.857. The van der Waals surface area contributed by atoms with Crippen molar-refractivity contribution in [3.8, 4) is 0 Å². The number of hydrogen-bond donors (Lipinski definition) is 1. The fraction of sp³-hybridized carbons (Fsp3) is 0.750. The first-order valence-corrected chi connectivity index (χ1v) is 4.19. The van der Waals surface area contributed by atoms with Crippen molar-refractivity contribution in [2.45, 2.75) is 12.7 Å². The molecule has 0 aromatic carbocycles. The Morgan fingerprint density at radius 1 is 1.50 bits per heavy atom. The van der Waals surface area contributed by atoms with Gasteiger partial charge in [-0.3, -0.25) is 9.59 Å². The van der Waals surface area contributed by atoms with Crippen molar-refractivity contribution < 1.29 is 28.9 Å². The van der Waals surface area contributed by atoms with Gasteiger partial charge in [0.2, 0.25) is 0 Å². The highest BCUT2D eigenvalue weighted by Crippen LogP contribution is 2.16. The van der Waals surface area contributed by atoms with E-state index in [2.05, 4.69) is 4.74 Å². The van der Waals surface area contributed by atoms with Gasteiger partial charge in [-0.05, 0) is 0 Å². The van der Waals surface area contributed by atoms with Crippen molar-refractivity contribution in [1.29, 1.82) is 0 Å². The maximum Gasteiger partial charge on any atom is 0.320 e. The summed E-state index contributed by atoms with van der Waals surface area (Å²) in [7, 11) is 1.15. The summed E-state index contributed by atoms with van der Waals surface area (Å²) in [6, 6.07) is 0. The zero-order chi connectivity index (χ0) is 10.6. The van der Waals surface area contributed by atoms with Gasteiger partial charge in [0.1, 0.15) is 0 Å². The molecule has 1 rings (SSSR count). The number of hydrogen-bond acceptors (Lipinski definition) is 5. The molecule has 0 amide bonds. The molecule has 1 N–H and O–H groups in total. The van der Waals surface area contributed by atoms with Crippen LogP contribution in [-0.4, -0.2) is 43.7 Å². The first kappa shape index (κ1) is 10.9. The molecule has 1 saturated heterocycles. The highest BCUT2D eigenvalue weighted by atomic mass is 16.7. The predicted octanol–water partition coefficient (Wildman–Crippen LogP) is -0.377. The van der Waals surface area contributed by atoms with Crippen LogP contribution in [0.5, 0.6) is 0 Å². The lowest BCUT2D eigenvalue weighted by Gasteiger charge is -2.13. The molecular formula is C8H12O6. The summed E-state index contributed by atoms with van der Waals surface area (Å²) in [5.41, 5.74) is 0. The second-order valence-electron chi connectivity index (χ2n) is 2.82. The Morgan fingerprint density at radius 3 is 2.50 bits per heavy atom. The number of methoxy groups -OCH3 is 1. The summed E-state index contributed by atoms with van der Waals surface area (Å²) < 4.78 is 14.4. The minimum absolute atomic E-state index is 0.0119. The maximum atomic E-state index is 11.0. The second kappa shape index (κ2) is 4.92. The Labute approximate surface area is 80.7 Å². The molecule has 0 radical (unpaired) electrons. The van der Waals surface area contributed by atoms with Crippen molar-refractivity contribution >= 4 is 11.9 Å². The first-order valence-electron chi connectivity index (χ1n) is 4.19. The lowest BCUT2D eigenvalue weighted by atomic mass is 10.1. The number of carboxylic acid groups (broad SMARTS) is 1. The lowest BCUT2D eigenvalue weighted by Crippen LogP contribution is -2.29. The molecule has 1 unspecified atom stereocenters. The van der Waals surface area contributed by atoms with Gasteiger partial charge < -0.3 is 19.3 Å². The zero-order valence-electron chi connectivity index (χ0n) is 7.76. The molecule has 0 aromatic heterocycles. The van der Waals surface area contributed by atoms with Crippen LogP contribution in [0.2, 0.25) is 0 Å². The van der Waals surface area contributed by atoms with Gasteiger partial charge in [-0.1, -0.05) is 0 Å². The largest absolute Gasteiger partial charge is 0.481 e. The van der Waals surface area contributed by atoms with Gasteiger partial charge in [-0.25, -0.2) is 0 Å². The van der Waals surface area contributed by atoms with Crippen LogP contribution in [0.4, 0.5) is 0 Å². The van der Waals surface area contributed by atoms with Gasteiger partial charge in [0, 0.05) is 6.42 Å². The van der Waals surface area contributed by atoms with Crippen LogP contribution in [0.1, 0.15) is 6.42 Å². The fourth-order valence-corrected chi connectivity index (χ4v) is 1.18. The predicted molar refractivity (Wildman–Crippen MR) is 43.5 cm³/mol. The van der Waals surface area contributed by atoms with Crippen LogP contribution in [-0.2, 0) is 23.8 Å². The molecule has 0 aromatic rings. The molecule has 0 bridgehead atoms. The number of carboxylic acids is 1. The number of ether oxygens (including phenoxy) is 3. The van der Waals surface area contributed by atoms with Crippen molar-refractivity contribution in [3.63, 3.8) is 0 Å². The summed E-state index contributed by atoms with van der Waals surface area (Å²) >= 11 is 0. The van der Waals surface area contributed by atoms with E-state index < -0.39 is 24.1 Å². The Balaban J connectivity index is 2.50. The maximum absolute atomic E-state index is 11.0. The van der Waals surface area contributed by atoms with Crippen LogP contribution in [0.3, 0.4) is 0 Å². The highest BCUT2D eigenvalue weighted by Gasteiger charge is 2.32. The summed E-state index contributed by atoms with van der Waals surface area (Å²) in [5.74, 6) is -3.23. The molecule has 6 nitrogen and oxygen atoms in total. The van der Waals surface area contributed by atoms with Gasteiger partial charge in [0.25, 0.3) is 0 Å². The standard InChI is InChI=1S/C8H12O6/c1-12-8(11)5(7(9)10)4-6-13-2-3-14-6/h5-6H,2-4H2,1H3,(H,9,10). The van der Waals surface area contributed by atoms with E-state index in [0.29, 0.717) is 13.2 Å².